The van der Waals surface area contributed by atoms with E-state index >= 15 is 0 Å². The van der Waals surface area contributed by atoms with Crippen LogP contribution in [0.1, 0.15) is 11.4 Å². The lowest BCUT2D eigenvalue weighted by molar-refractivity contribution is -0.192. The van der Waals surface area contributed by atoms with E-state index in [0.717, 1.165) is 5.56 Å². The van der Waals surface area contributed by atoms with E-state index in [0.29, 0.717) is 23.8 Å². The highest BCUT2D eigenvalue weighted by Crippen LogP contribution is 2.14. The number of hydrogen-bond acceptors (Lipinski definition) is 5. The Labute approximate surface area is 150 Å². The van der Waals surface area contributed by atoms with Gasteiger partial charge in [0.25, 0.3) is 0 Å². The maximum Gasteiger partial charge on any atom is 0.490 e. The summed E-state index contributed by atoms with van der Waals surface area (Å²) in [7, 11) is 0. The summed E-state index contributed by atoms with van der Waals surface area (Å²) in [5, 5.41) is 16.9. The zero-order valence-corrected chi connectivity index (χ0v) is 13.9. The number of amides is 1. The van der Waals surface area contributed by atoms with Crippen LogP contribution < -0.4 is 11.1 Å². The number of aliphatic carboxylic acids is 1. The van der Waals surface area contributed by atoms with Crippen molar-refractivity contribution >= 4 is 29.4 Å². The number of benzene rings is 1. The van der Waals surface area contributed by atoms with Gasteiger partial charge in [-0.2, -0.15) is 18.2 Å². The minimum absolute atomic E-state index is 0.132. The molecule has 0 aliphatic rings. The van der Waals surface area contributed by atoms with Crippen molar-refractivity contribution in [2.24, 2.45) is 0 Å². The molecular weight excluding hydrogens is 379 g/mol. The van der Waals surface area contributed by atoms with E-state index in [9.17, 15) is 18.0 Å². The first-order chi connectivity index (χ1) is 12.1. The Morgan fingerprint density at radius 1 is 1.31 bits per heavy atom. The molecule has 0 spiro atoms. The number of carbonyl (C=O) groups is 2. The topological polar surface area (TPSA) is 134 Å². The Morgan fingerprint density at radius 3 is 2.42 bits per heavy atom. The first kappa shape index (κ1) is 21.2. The lowest BCUT2D eigenvalue weighted by atomic mass is 10.1. The van der Waals surface area contributed by atoms with Gasteiger partial charge < -0.3 is 16.2 Å². The Bertz CT molecular complexity index is 751. The van der Waals surface area contributed by atoms with Gasteiger partial charge in [-0.15, -0.1) is 5.10 Å². The first-order valence-electron chi connectivity index (χ1n) is 7.06. The Morgan fingerprint density at radius 2 is 1.92 bits per heavy atom. The summed E-state index contributed by atoms with van der Waals surface area (Å²) in [4.78, 5) is 24.4. The van der Waals surface area contributed by atoms with Crippen LogP contribution in [0.4, 0.5) is 19.1 Å². The summed E-state index contributed by atoms with van der Waals surface area (Å²) < 4.78 is 31.7. The number of nitrogens with two attached hydrogens (primary N) is 1. The van der Waals surface area contributed by atoms with Crippen LogP contribution in [0.5, 0.6) is 0 Å². The van der Waals surface area contributed by atoms with Crippen LogP contribution in [0.15, 0.2) is 24.3 Å². The zero-order chi connectivity index (χ0) is 19.7. The molecule has 5 N–H and O–H groups in total. The van der Waals surface area contributed by atoms with Gasteiger partial charge in [0.1, 0.15) is 5.82 Å². The van der Waals surface area contributed by atoms with E-state index in [1.54, 1.807) is 0 Å². The Hall–Kier alpha value is -2.82. The van der Waals surface area contributed by atoms with Crippen LogP contribution in [-0.2, 0) is 22.4 Å². The molecule has 26 heavy (non-hydrogen) atoms. The van der Waals surface area contributed by atoms with Crippen molar-refractivity contribution in [3.63, 3.8) is 0 Å². The fraction of sp³-hybridized carbons (Fsp3) is 0.286. The summed E-state index contributed by atoms with van der Waals surface area (Å²) in [5.41, 5.74) is 6.36. The fourth-order valence-corrected chi connectivity index (χ4v) is 1.87. The SMILES string of the molecule is Nc1n[nH]c(CC(=O)NCCc2ccccc2Cl)n1.O=C(O)C(F)(F)F. The molecule has 0 unspecified atom stereocenters. The number of nitrogens with zero attached hydrogens (tertiary/aromatic N) is 2. The van der Waals surface area contributed by atoms with Crippen molar-refractivity contribution in [3.8, 4) is 0 Å². The summed E-state index contributed by atoms with van der Waals surface area (Å²) in [6.07, 6.45) is -4.27. The molecule has 0 saturated carbocycles. The number of anilines is 1. The van der Waals surface area contributed by atoms with Gasteiger partial charge in [0.05, 0.1) is 6.42 Å². The van der Waals surface area contributed by atoms with Crippen molar-refractivity contribution in [2.45, 2.75) is 19.0 Å². The van der Waals surface area contributed by atoms with Crippen LogP contribution in [0, 0.1) is 0 Å². The molecule has 0 radical (unpaired) electrons. The second-order valence-corrected chi connectivity index (χ2v) is 5.22. The molecule has 1 heterocycles. The average Bonchev–Trinajstić information content (AvgIpc) is 2.94. The summed E-state index contributed by atoms with van der Waals surface area (Å²) in [6, 6.07) is 7.56. The molecule has 2 aromatic rings. The molecule has 142 valence electrons. The number of aromatic amines is 1. The molecule has 1 amide bonds. The minimum atomic E-state index is -5.08. The normalized spacial score (nSPS) is 10.6. The van der Waals surface area contributed by atoms with Crippen molar-refractivity contribution < 1.29 is 27.9 Å². The predicted molar refractivity (Wildman–Crippen MR) is 86.4 cm³/mol. The van der Waals surface area contributed by atoms with E-state index in [-0.39, 0.29) is 18.3 Å². The minimum Gasteiger partial charge on any atom is -0.475 e. The number of alkyl halides is 3. The number of H-pyrrole nitrogens is 1. The van der Waals surface area contributed by atoms with Crippen molar-refractivity contribution in [1.29, 1.82) is 0 Å². The molecule has 0 bridgehead atoms. The van der Waals surface area contributed by atoms with E-state index < -0.39 is 12.1 Å². The third-order valence-corrected chi connectivity index (χ3v) is 3.16. The number of nitrogen functional groups attached to an aromatic ring is 1. The van der Waals surface area contributed by atoms with Crippen LogP contribution in [0.25, 0.3) is 0 Å². The highest BCUT2D eigenvalue weighted by atomic mass is 35.5. The second kappa shape index (κ2) is 9.61. The fourth-order valence-electron chi connectivity index (χ4n) is 1.64. The number of aromatic nitrogens is 3. The van der Waals surface area contributed by atoms with Crippen molar-refractivity contribution in [3.05, 3.63) is 40.7 Å². The lowest BCUT2D eigenvalue weighted by Gasteiger charge is -2.05. The Kier molecular flexibility index (Phi) is 7.84. The molecule has 1 aromatic carbocycles. The molecule has 1 aromatic heterocycles. The van der Waals surface area contributed by atoms with Crippen LogP contribution in [0.2, 0.25) is 5.02 Å². The van der Waals surface area contributed by atoms with E-state index in [1.165, 1.54) is 0 Å². The zero-order valence-electron chi connectivity index (χ0n) is 13.2. The van der Waals surface area contributed by atoms with E-state index in [1.807, 2.05) is 24.3 Å². The number of halogens is 4. The molecule has 12 heteroatoms. The van der Waals surface area contributed by atoms with Gasteiger partial charge in [-0.3, -0.25) is 9.89 Å². The molecule has 0 aliphatic heterocycles. The lowest BCUT2D eigenvalue weighted by Crippen LogP contribution is -2.27. The number of carboxylic acid groups (broad SMARTS) is 1. The highest BCUT2D eigenvalue weighted by Gasteiger charge is 2.38. The van der Waals surface area contributed by atoms with Gasteiger partial charge in [0.15, 0.2) is 0 Å². The number of carbonyl (C=O) groups excluding carboxylic acids is 1. The quantitative estimate of drug-likeness (QED) is 0.609. The number of rotatable bonds is 5. The monoisotopic (exact) mass is 393 g/mol. The maximum atomic E-state index is 11.6. The molecule has 2 rings (SSSR count). The Balaban J connectivity index is 0.000000412. The second-order valence-electron chi connectivity index (χ2n) is 4.81. The molecule has 0 saturated heterocycles. The molecular formula is C14H15ClF3N5O3. The van der Waals surface area contributed by atoms with Crippen LogP contribution >= 0.6 is 11.6 Å². The van der Waals surface area contributed by atoms with Gasteiger partial charge in [-0.05, 0) is 18.1 Å². The standard InChI is InChI=1S/C12H14ClN5O.C2HF3O2/c13-9-4-2-1-3-8(9)5-6-15-11(19)7-10-16-12(14)18-17-10;3-2(4,5)1(6)7/h1-4H,5-7H2,(H,15,19)(H3,14,16,17,18);(H,6,7). The van der Waals surface area contributed by atoms with Crippen LogP contribution in [0.3, 0.4) is 0 Å². The molecule has 0 aliphatic carbocycles. The van der Waals surface area contributed by atoms with Gasteiger partial charge in [-0.1, -0.05) is 29.8 Å². The number of nitrogens with one attached hydrogen (secondary N) is 2. The molecule has 0 atom stereocenters. The highest BCUT2D eigenvalue weighted by molar-refractivity contribution is 6.31. The van der Waals surface area contributed by atoms with Crippen LogP contribution in [-0.4, -0.2) is 44.9 Å². The number of hydrogen-bond donors (Lipinski definition) is 4. The smallest absolute Gasteiger partial charge is 0.475 e. The third-order valence-electron chi connectivity index (χ3n) is 2.79. The molecule has 8 nitrogen and oxygen atoms in total. The average molecular weight is 394 g/mol. The summed E-state index contributed by atoms with van der Waals surface area (Å²) in [6.45, 7) is 0.520. The van der Waals surface area contributed by atoms with E-state index in [4.69, 9.17) is 27.2 Å². The molecule has 0 fully saturated rings. The maximum absolute atomic E-state index is 11.6. The third kappa shape index (κ3) is 7.83. The summed E-state index contributed by atoms with van der Waals surface area (Å²) in [5.74, 6) is -2.30. The number of carboxylic acids is 1. The van der Waals surface area contributed by atoms with Crippen molar-refractivity contribution in [2.75, 3.05) is 12.3 Å². The van der Waals surface area contributed by atoms with Gasteiger partial charge in [0, 0.05) is 11.6 Å². The van der Waals surface area contributed by atoms with Gasteiger partial charge in [0.2, 0.25) is 11.9 Å². The summed E-state index contributed by atoms with van der Waals surface area (Å²) >= 11 is 6.02. The predicted octanol–water partition coefficient (Wildman–Crippen LogP) is 1.58. The van der Waals surface area contributed by atoms with Gasteiger partial charge >= 0.3 is 12.1 Å². The first-order valence-corrected chi connectivity index (χ1v) is 7.44. The van der Waals surface area contributed by atoms with Gasteiger partial charge in [-0.25, -0.2) is 4.79 Å². The largest absolute Gasteiger partial charge is 0.490 e. The van der Waals surface area contributed by atoms with Crippen molar-refractivity contribution in [1.82, 2.24) is 20.5 Å². The van der Waals surface area contributed by atoms with E-state index in [2.05, 4.69) is 20.5 Å².